The first kappa shape index (κ1) is 13.4. The summed E-state index contributed by atoms with van der Waals surface area (Å²) in [4.78, 5) is 12.8. The predicted molar refractivity (Wildman–Crippen MR) is 60.3 cm³/mol. The minimum atomic E-state index is 0.204. The van der Waals surface area contributed by atoms with E-state index >= 15 is 0 Å². The zero-order valence-electron chi connectivity index (χ0n) is 10.2. The molecular weight excluding hydrogens is 176 g/mol. The van der Waals surface area contributed by atoms with Crippen molar-refractivity contribution in [2.45, 2.75) is 34.1 Å². The van der Waals surface area contributed by atoms with Crippen LogP contribution < -0.4 is 5.32 Å². The number of hydrogen-bond donors (Lipinski definition) is 1. The standard InChI is InChI=1S/C9H18N2O.C2H6/c1-4-9(5-10-3)6-11(7-9)8(2)12;1-2/h10H,4-7H2,1-3H3;1-2H3. The lowest BCUT2D eigenvalue weighted by Crippen LogP contribution is -2.61. The first-order chi connectivity index (χ1) is 6.63. The first-order valence-electron chi connectivity index (χ1n) is 5.54. The molecule has 1 N–H and O–H groups in total. The van der Waals surface area contributed by atoms with Gasteiger partial charge in [-0.25, -0.2) is 0 Å². The Morgan fingerprint density at radius 1 is 1.43 bits per heavy atom. The Kier molecular flexibility index (Phi) is 5.77. The molecule has 1 rings (SSSR count). The highest BCUT2D eigenvalue weighted by molar-refractivity contribution is 5.74. The molecule has 0 radical (unpaired) electrons. The normalized spacial score (nSPS) is 17.9. The highest BCUT2D eigenvalue weighted by atomic mass is 16.2. The molecule has 14 heavy (non-hydrogen) atoms. The maximum Gasteiger partial charge on any atom is 0.219 e. The fraction of sp³-hybridized carbons (Fsp3) is 0.909. The second-order valence-corrected chi connectivity index (χ2v) is 3.76. The minimum Gasteiger partial charge on any atom is -0.342 e. The van der Waals surface area contributed by atoms with Crippen LogP contribution in [0.4, 0.5) is 0 Å². The lowest BCUT2D eigenvalue weighted by Gasteiger charge is -2.49. The van der Waals surface area contributed by atoms with Crippen molar-refractivity contribution < 1.29 is 4.79 Å². The summed E-state index contributed by atoms with van der Waals surface area (Å²) in [5, 5.41) is 3.18. The molecule has 0 aliphatic carbocycles. The van der Waals surface area contributed by atoms with Gasteiger partial charge in [-0.1, -0.05) is 20.8 Å². The van der Waals surface area contributed by atoms with Crippen LogP contribution in [0, 0.1) is 5.41 Å². The summed E-state index contributed by atoms with van der Waals surface area (Å²) < 4.78 is 0. The zero-order valence-corrected chi connectivity index (χ0v) is 10.2. The maximum atomic E-state index is 10.9. The van der Waals surface area contributed by atoms with Crippen LogP contribution in [0.15, 0.2) is 0 Å². The Bertz CT molecular complexity index is 174. The van der Waals surface area contributed by atoms with E-state index in [1.165, 1.54) is 0 Å². The van der Waals surface area contributed by atoms with Crippen molar-refractivity contribution in [3.63, 3.8) is 0 Å². The molecule has 3 heteroatoms. The number of rotatable bonds is 3. The molecule has 3 nitrogen and oxygen atoms in total. The Balaban J connectivity index is 0.000000791. The summed E-state index contributed by atoms with van der Waals surface area (Å²) in [5.74, 6) is 0.204. The van der Waals surface area contributed by atoms with Gasteiger partial charge in [0.1, 0.15) is 0 Å². The van der Waals surface area contributed by atoms with Crippen LogP contribution in [0.1, 0.15) is 34.1 Å². The van der Waals surface area contributed by atoms with Crippen LogP contribution in [0.3, 0.4) is 0 Å². The molecule has 0 bridgehead atoms. The van der Waals surface area contributed by atoms with Crippen molar-refractivity contribution in [3.8, 4) is 0 Å². The van der Waals surface area contributed by atoms with E-state index in [0.717, 1.165) is 26.1 Å². The topological polar surface area (TPSA) is 32.3 Å². The van der Waals surface area contributed by atoms with Crippen LogP contribution in [-0.2, 0) is 4.79 Å². The number of carbonyl (C=O) groups is 1. The van der Waals surface area contributed by atoms with Crippen molar-refractivity contribution in [1.82, 2.24) is 10.2 Å². The molecule has 1 saturated heterocycles. The van der Waals surface area contributed by atoms with Crippen molar-refractivity contribution in [1.29, 1.82) is 0 Å². The summed E-state index contributed by atoms with van der Waals surface area (Å²) >= 11 is 0. The van der Waals surface area contributed by atoms with E-state index in [4.69, 9.17) is 0 Å². The van der Waals surface area contributed by atoms with Crippen LogP contribution in [0.5, 0.6) is 0 Å². The third kappa shape index (κ3) is 2.98. The minimum absolute atomic E-state index is 0.204. The summed E-state index contributed by atoms with van der Waals surface area (Å²) in [6.45, 7) is 10.7. The van der Waals surface area contributed by atoms with Crippen molar-refractivity contribution in [2.75, 3.05) is 26.7 Å². The number of amides is 1. The van der Waals surface area contributed by atoms with Gasteiger partial charge in [0.2, 0.25) is 5.91 Å². The molecule has 0 spiro atoms. The number of carbonyl (C=O) groups excluding carboxylic acids is 1. The molecule has 1 aliphatic heterocycles. The fourth-order valence-corrected chi connectivity index (χ4v) is 1.82. The Morgan fingerprint density at radius 2 is 1.93 bits per heavy atom. The smallest absolute Gasteiger partial charge is 0.219 e. The highest BCUT2D eigenvalue weighted by Crippen LogP contribution is 2.32. The highest BCUT2D eigenvalue weighted by Gasteiger charge is 2.41. The summed E-state index contributed by atoms with van der Waals surface area (Å²) in [6, 6.07) is 0. The molecule has 0 atom stereocenters. The van der Waals surface area contributed by atoms with E-state index in [2.05, 4.69) is 12.2 Å². The first-order valence-corrected chi connectivity index (χ1v) is 5.54. The van der Waals surface area contributed by atoms with E-state index in [1.807, 2.05) is 25.8 Å². The number of likely N-dealkylation sites (tertiary alicyclic amines) is 1. The second kappa shape index (κ2) is 6.02. The molecule has 0 aromatic rings. The van der Waals surface area contributed by atoms with Gasteiger partial charge >= 0.3 is 0 Å². The van der Waals surface area contributed by atoms with E-state index in [0.29, 0.717) is 5.41 Å². The van der Waals surface area contributed by atoms with E-state index in [9.17, 15) is 4.79 Å². The lowest BCUT2D eigenvalue weighted by atomic mass is 9.77. The van der Waals surface area contributed by atoms with Gasteiger partial charge in [0.15, 0.2) is 0 Å². The molecule has 0 unspecified atom stereocenters. The van der Waals surface area contributed by atoms with Gasteiger partial charge in [0, 0.05) is 32.0 Å². The van der Waals surface area contributed by atoms with Crippen molar-refractivity contribution >= 4 is 5.91 Å². The van der Waals surface area contributed by atoms with Crippen LogP contribution >= 0.6 is 0 Å². The summed E-state index contributed by atoms with van der Waals surface area (Å²) in [7, 11) is 1.97. The average molecular weight is 200 g/mol. The lowest BCUT2D eigenvalue weighted by molar-refractivity contribution is -0.140. The van der Waals surface area contributed by atoms with Gasteiger partial charge in [0.25, 0.3) is 0 Å². The number of nitrogens with one attached hydrogen (secondary N) is 1. The van der Waals surface area contributed by atoms with Crippen molar-refractivity contribution in [3.05, 3.63) is 0 Å². The molecule has 0 aromatic heterocycles. The molecular formula is C11H24N2O. The SMILES string of the molecule is CC.CCC1(CNC)CN(C(C)=O)C1. The fourth-order valence-electron chi connectivity index (χ4n) is 1.82. The van der Waals surface area contributed by atoms with Gasteiger partial charge in [-0.3, -0.25) is 4.79 Å². The van der Waals surface area contributed by atoms with Gasteiger partial charge < -0.3 is 10.2 Å². The Labute approximate surface area is 87.9 Å². The van der Waals surface area contributed by atoms with Crippen LogP contribution in [-0.4, -0.2) is 37.5 Å². The van der Waals surface area contributed by atoms with E-state index in [-0.39, 0.29) is 5.91 Å². The van der Waals surface area contributed by atoms with Crippen LogP contribution in [0.25, 0.3) is 0 Å². The molecule has 1 aliphatic rings. The average Bonchev–Trinajstić information content (AvgIpc) is 2.13. The van der Waals surface area contributed by atoms with Gasteiger partial charge in [-0.05, 0) is 13.5 Å². The monoisotopic (exact) mass is 200 g/mol. The molecule has 84 valence electrons. The third-order valence-corrected chi connectivity index (χ3v) is 2.80. The maximum absolute atomic E-state index is 10.9. The van der Waals surface area contributed by atoms with Gasteiger partial charge in [0.05, 0.1) is 0 Å². The van der Waals surface area contributed by atoms with Gasteiger partial charge in [-0.15, -0.1) is 0 Å². The summed E-state index contributed by atoms with van der Waals surface area (Å²) in [5.41, 5.74) is 0.362. The molecule has 1 fully saturated rings. The molecule has 0 saturated carbocycles. The summed E-state index contributed by atoms with van der Waals surface area (Å²) in [6.07, 6.45) is 1.15. The largest absolute Gasteiger partial charge is 0.342 e. The predicted octanol–water partition coefficient (Wildman–Crippen LogP) is 1.49. The zero-order chi connectivity index (χ0) is 11.2. The number of hydrogen-bond acceptors (Lipinski definition) is 2. The molecule has 1 heterocycles. The van der Waals surface area contributed by atoms with E-state index in [1.54, 1.807) is 6.92 Å². The number of nitrogens with zero attached hydrogens (tertiary/aromatic N) is 1. The quantitative estimate of drug-likeness (QED) is 0.748. The van der Waals surface area contributed by atoms with E-state index < -0.39 is 0 Å². The van der Waals surface area contributed by atoms with Crippen molar-refractivity contribution in [2.24, 2.45) is 5.41 Å². The molecule has 0 aromatic carbocycles. The van der Waals surface area contributed by atoms with Crippen LogP contribution in [0.2, 0.25) is 0 Å². The third-order valence-electron chi connectivity index (χ3n) is 2.80. The molecule has 1 amide bonds. The Morgan fingerprint density at radius 3 is 2.21 bits per heavy atom. The van der Waals surface area contributed by atoms with Gasteiger partial charge in [-0.2, -0.15) is 0 Å². The second-order valence-electron chi connectivity index (χ2n) is 3.76. The Hall–Kier alpha value is -0.570.